The Hall–Kier alpha value is -4.65. The van der Waals surface area contributed by atoms with Crippen molar-refractivity contribution in [1.29, 1.82) is 0 Å². The van der Waals surface area contributed by atoms with Gasteiger partial charge in [-0.25, -0.2) is 4.98 Å². The molecule has 0 saturated heterocycles. The lowest BCUT2D eigenvalue weighted by Crippen LogP contribution is -2.34. The van der Waals surface area contributed by atoms with Gasteiger partial charge in [-0.15, -0.1) is 0 Å². The van der Waals surface area contributed by atoms with Crippen LogP contribution in [0, 0.1) is 6.92 Å². The van der Waals surface area contributed by atoms with Gasteiger partial charge in [0.2, 0.25) is 23.4 Å². The largest absolute Gasteiger partial charge is 0.381 e. The number of hydrogen-bond acceptors (Lipinski definition) is 11. The zero-order valence-electron chi connectivity index (χ0n) is 20.5. The first-order chi connectivity index (χ1) is 17.9. The maximum Gasteiger partial charge on any atom is 0.256 e. The van der Waals surface area contributed by atoms with Crippen molar-refractivity contribution in [3.8, 4) is 22.9 Å². The molecule has 0 fully saturated rings. The Morgan fingerprint density at radius 2 is 1.97 bits per heavy atom. The van der Waals surface area contributed by atoms with Crippen LogP contribution in [-0.2, 0) is 18.3 Å². The van der Waals surface area contributed by atoms with Crippen LogP contribution in [0.4, 0.5) is 11.6 Å². The van der Waals surface area contributed by atoms with E-state index in [1.807, 2.05) is 31.2 Å². The average Bonchev–Trinajstić information content (AvgIpc) is 3.62. The number of carbonyl (C=O) groups excluding carboxylic acids is 1. The zero-order chi connectivity index (χ0) is 25.9. The van der Waals surface area contributed by atoms with Gasteiger partial charge in [-0.2, -0.15) is 15.1 Å². The van der Waals surface area contributed by atoms with E-state index in [1.165, 1.54) is 4.68 Å². The maximum atomic E-state index is 12.6. The molecule has 0 spiro atoms. The Labute approximate surface area is 210 Å². The summed E-state index contributed by atoms with van der Waals surface area (Å²) in [6.45, 7) is 3.67. The van der Waals surface area contributed by atoms with Gasteiger partial charge >= 0.3 is 0 Å². The van der Waals surface area contributed by atoms with Crippen LogP contribution in [0.1, 0.15) is 25.1 Å². The molecule has 1 aromatic carbocycles. The smallest absolute Gasteiger partial charge is 0.256 e. The van der Waals surface area contributed by atoms with Crippen molar-refractivity contribution in [3.05, 3.63) is 48.3 Å². The molecule has 1 amide bonds. The van der Waals surface area contributed by atoms with Crippen LogP contribution >= 0.6 is 0 Å². The number of nitrogens with one attached hydrogen (secondary N) is 2. The number of aromatic nitrogens is 7. The van der Waals surface area contributed by atoms with Gasteiger partial charge in [-0.3, -0.25) is 9.48 Å². The van der Waals surface area contributed by atoms with Crippen LogP contribution in [0.3, 0.4) is 0 Å². The van der Waals surface area contributed by atoms with Gasteiger partial charge in [-0.1, -0.05) is 29.4 Å². The van der Waals surface area contributed by atoms with Crippen molar-refractivity contribution in [3.63, 3.8) is 0 Å². The molecular weight excluding hydrogens is 478 g/mol. The topological polar surface area (TPSA) is 170 Å². The lowest BCUT2D eigenvalue weighted by molar-refractivity contribution is -0.123. The molecular formula is C24H25N9O4. The molecule has 4 heterocycles. The number of pyridine rings is 1. The third-order valence-corrected chi connectivity index (χ3v) is 5.61. The van der Waals surface area contributed by atoms with Gasteiger partial charge in [0.05, 0.1) is 6.54 Å². The number of aryl methyl sites for hydroxylation is 3. The van der Waals surface area contributed by atoms with Crippen molar-refractivity contribution in [1.82, 2.24) is 35.0 Å². The predicted octanol–water partition coefficient (Wildman–Crippen LogP) is 2.74. The highest BCUT2D eigenvalue weighted by Gasteiger charge is 2.20. The minimum absolute atomic E-state index is 0.0750. The number of aliphatic hydroxyl groups excluding tert-OH is 1. The van der Waals surface area contributed by atoms with Crippen LogP contribution in [0.15, 0.2) is 45.6 Å². The quantitative estimate of drug-likeness (QED) is 0.270. The Morgan fingerprint density at radius 1 is 1.14 bits per heavy atom. The molecule has 37 heavy (non-hydrogen) atoms. The number of anilines is 2. The molecule has 0 saturated carbocycles. The van der Waals surface area contributed by atoms with E-state index in [2.05, 4.69) is 41.0 Å². The predicted molar refractivity (Wildman–Crippen MR) is 133 cm³/mol. The maximum absolute atomic E-state index is 12.6. The van der Waals surface area contributed by atoms with Crippen LogP contribution in [0.5, 0.6) is 0 Å². The van der Waals surface area contributed by atoms with Crippen LogP contribution < -0.4 is 10.6 Å². The van der Waals surface area contributed by atoms with Gasteiger partial charge in [-0.05, 0) is 23.9 Å². The van der Waals surface area contributed by atoms with Crippen LogP contribution in [-0.4, -0.2) is 58.7 Å². The summed E-state index contributed by atoms with van der Waals surface area (Å²) in [6.07, 6.45) is 1.84. The number of hydrogen-bond donors (Lipinski definition) is 3. The molecule has 0 aliphatic heterocycles. The first-order valence-corrected chi connectivity index (χ1v) is 11.7. The van der Waals surface area contributed by atoms with E-state index in [0.29, 0.717) is 41.4 Å². The van der Waals surface area contributed by atoms with Crippen LogP contribution in [0.2, 0.25) is 0 Å². The standard InChI is InChI=1S/C24H25N9O4/c1-4-5-20-29-23(32-37-20)17-11-19(30-33(17)3)28-24(35)18(34)12-26-22-16-10-15(21-27-13(2)36-31-21)7-6-14(16)8-9-25-22/h6-11,18,34H,4-5,12H2,1-3H3,(H,25,26)(H,28,30,35)/t18-/m0/s1. The van der Waals surface area contributed by atoms with Crippen LogP contribution in [0.25, 0.3) is 33.7 Å². The molecule has 13 nitrogen and oxygen atoms in total. The Bertz CT molecular complexity index is 1550. The van der Waals surface area contributed by atoms with E-state index >= 15 is 0 Å². The summed E-state index contributed by atoms with van der Waals surface area (Å²) in [5.41, 5.74) is 1.33. The molecule has 3 N–H and O–H groups in total. The third kappa shape index (κ3) is 5.16. The van der Waals surface area contributed by atoms with E-state index in [4.69, 9.17) is 9.05 Å². The lowest BCUT2D eigenvalue weighted by Gasteiger charge is -2.13. The van der Waals surface area contributed by atoms with E-state index in [9.17, 15) is 9.90 Å². The Morgan fingerprint density at radius 3 is 2.76 bits per heavy atom. The minimum Gasteiger partial charge on any atom is -0.381 e. The molecule has 190 valence electrons. The summed E-state index contributed by atoms with van der Waals surface area (Å²) >= 11 is 0. The molecule has 0 aliphatic carbocycles. The minimum atomic E-state index is -1.37. The number of fused-ring (bicyclic) bond motifs is 1. The first-order valence-electron chi connectivity index (χ1n) is 11.7. The van der Waals surface area contributed by atoms with Gasteiger partial charge in [0.15, 0.2) is 5.82 Å². The number of aliphatic hydroxyl groups is 1. The molecule has 4 aromatic heterocycles. The number of amides is 1. The van der Waals surface area contributed by atoms with E-state index in [1.54, 1.807) is 26.2 Å². The fourth-order valence-electron chi connectivity index (χ4n) is 3.77. The summed E-state index contributed by atoms with van der Waals surface area (Å²) in [5, 5.41) is 30.1. The number of rotatable bonds is 9. The van der Waals surface area contributed by atoms with Gasteiger partial charge in [0, 0.05) is 43.6 Å². The molecule has 0 bridgehead atoms. The van der Waals surface area contributed by atoms with Crippen molar-refractivity contribution < 1.29 is 18.9 Å². The fraction of sp³-hybridized carbons (Fsp3) is 0.292. The third-order valence-electron chi connectivity index (χ3n) is 5.61. The monoisotopic (exact) mass is 503 g/mol. The second kappa shape index (κ2) is 10.1. The fourth-order valence-corrected chi connectivity index (χ4v) is 3.77. The Kier molecular flexibility index (Phi) is 6.60. The highest BCUT2D eigenvalue weighted by Crippen LogP contribution is 2.27. The summed E-state index contributed by atoms with van der Waals surface area (Å²) in [7, 11) is 1.70. The van der Waals surface area contributed by atoms with E-state index < -0.39 is 12.0 Å². The van der Waals surface area contributed by atoms with Gasteiger partial charge in [0.25, 0.3) is 5.91 Å². The van der Waals surface area contributed by atoms with E-state index in [0.717, 1.165) is 22.8 Å². The summed E-state index contributed by atoms with van der Waals surface area (Å²) in [6, 6.07) is 9.16. The summed E-state index contributed by atoms with van der Waals surface area (Å²) < 4.78 is 11.8. The first kappa shape index (κ1) is 24.1. The van der Waals surface area contributed by atoms with E-state index in [-0.39, 0.29) is 12.4 Å². The molecule has 0 aliphatic rings. The zero-order valence-corrected chi connectivity index (χ0v) is 20.5. The normalized spacial score (nSPS) is 12.1. The SMILES string of the molecule is CCCc1nc(-c2cc(NC(=O)[C@@H](O)CNc3nccc4ccc(-c5noc(C)n5)cc34)nn2C)no1. The molecule has 0 radical (unpaired) electrons. The summed E-state index contributed by atoms with van der Waals surface area (Å²) in [4.78, 5) is 25.6. The molecule has 5 rings (SSSR count). The second-order valence-corrected chi connectivity index (χ2v) is 8.42. The highest BCUT2D eigenvalue weighted by atomic mass is 16.5. The lowest BCUT2D eigenvalue weighted by atomic mass is 10.1. The van der Waals surface area contributed by atoms with Crippen molar-refractivity contribution in [2.45, 2.75) is 32.8 Å². The summed E-state index contributed by atoms with van der Waals surface area (Å²) in [5.74, 6) is 1.97. The number of carbonyl (C=O) groups is 1. The van der Waals surface area contributed by atoms with Crippen molar-refractivity contribution in [2.75, 3.05) is 17.2 Å². The molecule has 5 aromatic rings. The average molecular weight is 504 g/mol. The number of nitrogens with zero attached hydrogens (tertiary/aromatic N) is 7. The number of benzene rings is 1. The van der Waals surface area contributed by atoms with Crippen molar-refractivity contribution >= 4 is 28.3 Å². The molecule has 13 heteroatoms. The van der Waals surface area contributed by atoms with Gasteiger partial charge < -0.3 is 24.8 Å². The molecule has 1 atom stereocenters. The van der Waals surface area contributed by atoms with Crippen molar-refractivity contribution in [2.24, 2.45) is 7.05 Å². The Balaban J connectivity index is 1.26. The second-order valence-electron chi connectivity index (χ2n) is 8.42. The van der Waals surface area contributed by atoms with Gasteiger partial charge in [0.1, 0.15) is 17.6 Å². The molecule has 0 unspecified atom stereocenters. The highest BCUT2D eigenvalue weighted by molar-refractivity contribution is 5.96.